The van der Waals surface area contributed by atoms with Crippen molar-refractivity contribution < 1.29 is 28.2 Å². The van der Waals surface area contributed by atoms with Gasteiger partial charge in [0.15, 0.2) is 17.0 Å². The number of nitrogens with zero attached hydrogens (tertiary/aromatic N) is 2. The van der Waals surface area contributed by atoms with Crippen molar-refractivity contribution in [2.75, 3.05) is 34.4 Å². The molecule has 3 aromatic rings. The molecule has 2 amide bonds. The van der Waals surface area contributed by atoms with E-state index in [9.17, 15) is 14.0 Å². The number of aromatic amines is 1. The number of benzene rings is 2. The smallest absolute Gasteiger partial charge is 0.255 e. The van der Waals surface area contributed by atoms with E-state index in [-0.39, 0.29) is 30.7 Å². The number of aromatic nitrogens is 1. The van der Waals surface area contributed by atoms with Crippen LogP contribution in [-0.2, 0) is 28.1 Å². The van der Waals surface area contributed by atoms with Crippen LogP contribution in [0.4, 0.5) is 4.39 Å². The van der Waals surface area contributed by atoms with Gasteiger partial charge in [-0.25, -0.2) is 4.39 Å². The van der Waals surface area contributed by atoms with Crippen molar-refractivity contribution in [2.24, 2.45) is 0 Å². The lowest BCUT2D eigenvalue weighted by Crippen LogP contribution is -2.66. The molecule has 0 radical (unpaired) electrons. The Labute approximate surface area is 196 Å². The van der Waals surface area contributed by atoms with E-state index in [2.05, 4.69) is 4.98 Å². The van der Waals surface area contributed by atoms with Gasteiger partial charge in [0.05, 0.1) is 27.0 Å². The first kappa shape index (κ1) is 22.1. The number of amides is 2. The number of carbonyl (C=O) groups is 2. The van der Waals surface area contributed by atoms with Gasteiger partial charge in [0.25, 0.3) is 5.91 Å². The van der Waals surface area contributed by atoms with Gasteiger partial charge in [0.1, 0.15) is 12.4 Å². The Morgan fingerprint density at radius 3 is 2.41 bits per heavy atom. The average Bonchev–Trinajstić information content (AvgIpc) is 3.20. The lowest BCUT2D eigenvalue weighted by atomic mass is 9.83. The first-order valence-corrected chi connectivity index (χ1v) is 11.0. The molecule has 0 unspecified atom stereocenters. The summed E-state index contributed by atoms with van der Waals surface area (Å²) < 4.78 is 30.2. The predicted molar refractivity (Wildman–Crippen MR) is 123 cm³/mol. The van der Waals surface area contributed by atoms with Gasteiger partial charge in [-0.2, -0.15) is 0 Å². The standard InChI is InChI=1S/C25H26FN3O5/c1-25-23-16(17-11-15(26)5-6-18(17)27-23)7-8-29(25)21(30)13-28(24(25)31)12-14-9-19(32-2)22(34-4)20(10-14)33-3/h5-6,9-11,27H,7-8,12-13H2,1-4H3/t25-/m0/s1. The van der Waals surface area contributed by atoms with Gasteiger partial charge in [-0.1, -0.05) is 0 Å². The number of hydrogen-bond donors (Lipinski definition) is 1. The lowest BCUT2D eigenvalue weighted by Gasteiger charge is -2.49. The van der Waals surface area contributed by atoms with Crippen molar-refractivity contribution in [3.63, 3.8) is 0 Å². The second-order valence-corrected chi connectivity index (χ2v) is 8.73. The number of halogens is 1. The van der Waals surface area contributed by atoms with Gasteiger partial charge in [-0.3, -0.25) is 9.59 Å². The zero-order chi connectivity index (χ0) is 24.2. The Morgan fingerprint density at radius 1 is 1.06 bits per heavy atom. The van der Waals surface area contributed by atoms with Gasteiger partial charge < -0.3 is 29.0 Å². The molecule has 3 heterocycles. The third-order valence-electron chi connectivity index (χ3n) is 6.91. The number of piperazine rings is 1. The first-order chi connectivity index (χ1) is 16.3. The molecule has 1 atom stereocenters. The zero-order valence-electron chi connectivity index (χ0n) is 19.5. The highest BCUT2D eigenvalue weighted by molar-refractivity contribution is 6.00. The van der Waals surface area contributed by atoms with Gasteiger partial charge >= 0.3 is 0 Å². The van der Waals surface area contributed by atoms with E-state index in [1.165, 1.54) is 33.5 Å². The second kappa shape index (κ2) is 7.93. The molecule has 0 spiro atoms. The van der Waals surface area contributed by atoms with Crippen LogP contribution in [0.25, 0.3) is 10.9 Å². The number of fused-ring (bicyclic) bond motifs is 5. The maximum atomic E-state index is 14.0. The van der Waals surface area contributed by atoms with Crippen LogP contribution >= 0.6 is 0 Å². The highest BCUT2D eigenvalue weighted by Crippen LogP contribution is 2.43. The minimum Gasteiger partial charge on any atom is -0.493 e. The van der Waals surface area contributed by atoms with Crippen LogP contribution in [0.3, 0.4) is 0 Å². The fourth-order valence-electron chi connectivity index (χ4n) is 5.28. The number of H-pyrrole nitrogens is 1. The summed E-state index contributed by atoms with van der Waals surface area (Å²) in [7, 11) is 4.57. The normalized spacial score (nSPS) is 19.8. The van der Waals surface area contributed by atoms with Gasteiger partial charge in [0.2, 0.25) is 11.7 Å². The maximum absolute atomic E-state index is 14.0. The molecular formula is C25H26FN3O5. The van der Waals surface area contributed by atoms with Crippen LogP contribution in [0.5, 0.6) is 17.2 Å². The number of ether oxygens (including phenoxy) is 3. The second-order valence-electron chi connectivity index (χ2n) is 8.73. The monoisotopic (exact) mass is 467 g/mol. The fourth-order valence-corrected chi connectivity index (χ4v) is 5.28. The van der Waals surface area contributed by atoms with Crippen LogP contribution in [0.2, 0.25) is 0 Å². The zero-order valence-corrected chi connectivity index (χ0v) is 19.5. The molecule has 8 nitrogen and oxygen atoms in total. The third kappa shape index (κ3) is 3.10. The summed E-state index contributed by atoms with van der Waals surface area (Å²) in [6.07, 6.45) is 0.556. The summed E-state index contributed by atoms with van der Waals surface area (Å²) in [5.74, 6) is 0.724. The molecule has 0 bridgehead atoms. The molecule has 2 aromatic carbocycles. The third-order valence-corrected chi connectivity index (χ3v) is 6.91. The number of carbonyl (C=O) groups excluding carboxylic acids is 2. The Hall–Kier alpha value is -3.75. The molecule has 5 rings (SSSR count). The van der Waals surface area contributed by atoms with Crippen molar-refractivity contribution in [1.29, 1.82) is 0 Å². The van der Waals surface area contributed by atoms with E-state index in [0.717, 1.165) is 22.0 Å². The van der Waals surface area contributed by atoms with Crippen molar-refractivity contribution in [3.05, 3.63) is 53.0 Å². The largest absolute Gasteiger partial charge is 0.493 e. The molecule has 1 fully saturated rings. The molecule has 2 aliphatic rings. The molecular weight excluding hydrogens is 441 g/mol. The van der Waals surface area contributed by atoms with E-state index >= 15 is 0 Å². The van der Waals surface area contributed by atoms with Crippen LogP contribution in [0.15, 0.2) is 30.3 Å². The summed E-state index contributed by atoms with van der Waals surface area (Å²) in [6.45, 7) is 2.32. The minimum absolute atomic E-state index is 0.0325. The number of rotatable bonds is 5. The molecule has 9 heteroatoms. The summed E-state index contributed by atoms with van der Waals surface area (Å²) in [4.78, 5) is 33.6. The Morgan fingerprint density at radius 2 is 1.76 bits per heavy atom. The van der Waals surface area contributed by atoms with E-state index < -0.39 is 5.54 Å². The quantitative estimate of drug-likeness (QED) is 0.624. The molecule has 0 aliphatic carbocycles. The molecule has 34 heavy (non-hydrogen) atoms. The number of hydrogen-bond acceptors (Lipinski definition) is 5. The number of methoxy groups -OCH3 is 3. The van der Waals surface area contributed by atoms with E-state index in [1.54, 1.807) is 34.9 Å². The first-order valence-electron chi connectivity index (χ1n) is 11.0. The SMILES string of the molecule is COc1cc(CN2CC(=O)N3CCc4c([nH]c5ccc(F)cc45)[C@@]3(C)C2=O)cc(OC)c1OC. The van der Waals surface area contributed by atoms with Crippen LogP contribution in [0, 0.1) is 5.82 Å². The van der Waals surface area contributed by atoms with Crippen LogP contribution < -0.4 is 14.2 Å². The van der Waals surface area contributed by atoms with Crippen molar-refractivity contribution >= 4 is 22.7 Å². The van der Waals surface area contributed by atoms with Crippen LogP contribution in [0.1, 0.15) is 23.7 Å². The summed E-state index contributed by atoms with van der Waals surface area (Å²) >= 11 is 0. The van der Waals surface area contributed by atoms with Crippen molar-refractivity contribution in [2.45, 2.75) is 25.4 Å². The highest BCUT2D eigenvalue weighted by atomic mass is 19.1. The minimum atomic E-state index is -1.21. The van der Waals surface area contributed by atoms with Crippen molar-refractivity contribution in [3.8, 4) is 17.2 Å². The van der Waals surface area contributed by atoms with Gasteiger partial charge in [0, 0.05) is 24.0 Å². The highest BCUT2D eigenvalue weighted by Gasteiger charge is 2.54. The van der Waals surface area contributed by atoms with Gasteiger partial charge in [-0.15, -0.1) is 0 Å². The number of nitrogens with one attached hydrogen (secondary N) is 1. The lowest BCUT2D eigenvalue weighted by molar-refractivity contribution is -0.166. The van der Waals surface area contributed by atoms with E-state index in [1.807, 2.05) is 0 Å². The fraction of sp³-hybridized carbons (Fsp3) is 0.360. The molecule has 2 aliphatic heterocycles. The topological polar surface area (TPSA) is 84.1 Å². The molecule has 0 saturated carbocycles. The maximum Gasteiger partial charge on any atom is 0.255 e. The Kier molecular flexibility index (Phi) is 5.15. The summed E-state index contributed by atoms with van der Waals surface area (Å²) in [5, 5.41) is 0.748. The van der Waals surface area contributed by atoms with Gasteiger partial charge in [-0.05, 0) is 54.8 Å². The summed E-state index contributed by atoms with van der Waals surface area (Å²) in [6, 6.07) is 8.07. The average molecular weight is 467 g/mol. The molecule has 1 saturated heterocycles. The Bertz CT molecular complexity index is 1290. The summed E-state index contributed by atoms with van der Waals surface area (Å²) in [5.41, 5.74) is 1.80. The van der Waals surface area contributed by atoms with E-state index in [4.69, 9.17) is 14.2 Å². The Balaban J connectivity index is 1.56. The predicted octanol–water partition coefficient (Wildman–Crippen LogP) is 2.98. The molecule has 1 N–H and O–H groups in total. The van der Waals surface area contributed by atoms with E-state index in [0.29, 0.717) is 35.9 Å². The molecule has 178 valence electrons. The van der Waals surface area contributed by atoms with Crippen molar-refractivity contribution in [1.82, 2.24) is 14.8 Å². The molecule has 1 aromatic heterocycles. The van der Waals surface area contributed by atoms with Crippen LogP contribution in [-0.4, -0.2) is 61.0 Å².